The predicted molar refractivity (Wildman–Crippen MR) is 90.2 cm³/mol. The maximum atomic E-state index is 12.8. The van der Waals surface area contributed by atoms with Gasteiger partial charge in [-0.2, -0.15) is 9.29 Å². The quantitative estimate of drug-likeness (QED) is 0.718. The fraction of sp³-hybridized carbons (Fsp3) is 0.267. The number of hydrogen-bond acceptors (Lipinski definition) is 7. The summed E-state index contributed by atoms with van der Waals surface area (Å²) in [6.07, 6.45) is 4.71. The van der Waals surface area contributed by atoms with Crippen LogP contribution in [0.3, 0.4) is 0 Å². The Morgan fingerprint density at radius 3 is 2.72 bits per heavy atom. The van der Waals surface area contributed by atoms with Gasteiger partial charge in [0.2, 0.25) is 16.0 Å². The summed E-state index contributed by atoms with van der Waals surface area (Å²) in [4.78, 5) is 8.32. The highest BCUT2D eigenvalue weighted by Crippen LogP contribution is 2.24. The Labute approximate surface area is 144 Å². The zero-order valence-electron chi connectivity index (χ0n) is 13.2. The molecule has 1 saturated heterocycles. The third-order valence-corrected chi connectivity index (χ3v) is 5.87. The number of hydrogen-bond donors (Lipinski definition) is 1. The van der Waals surface area contributed by atoms with E-state index in [1.54, 1.807) is 29.0 Å². The molecule has 0 aliphatic carbocycles. The second kappa shape index (κ2) is 6.06. The summed E-state index contributed by atoms with van der Waals surface area (Å²) < 4.78 is 33.7. The number of sulfonamides is 1. The fourth-order valence-electron chi connectivity index (χ4n) is 2.72. The van der Waals surface area contributed by atoms with Crippen molar-refractivity contribution >= 4 is 21.6 Å². The van der Waals surface area contributed by atoms with Gasteiger partial charge in [-0.05, 0) is 18.2 Å². The van der Waals surface area contributed by atoms with Crippen LogP contribution < -0.4 is 5.73 Å². The summed E-state index contributed by atoms with van der Waals surface area (Å²) in [5.41, 5.74) is 7.65. The molecule has 9 nitrogen and oxygen atoms in total. The molecule has 0 atom stereocenters. The molecule has 25 heavy (non-hydrogen) atoms. The first kappa shape index (κ1) is 15.9. The minimum Gasteiger partial charge on any atom is -0.379 e. The molecule has 2 N–H and O–H groups in total. The van der Waals surface area contributed by atoms with Crippen molar-refractivity contribution in [3.05, 3.63) is 36.8 Å². The first-order valence-corrected chi connectivity index (χ1v) is 9.13. The van der Waals surface area contributed by atoms with Gasteiger partial charge in [-0.15, -0.1) is 5.10 Å². The van der Waals surface area contributed by atoms with E-state index < -0.39 is 10.0 Å². The molecule has 0 bridgehead atoms. The second-order valence-corrected chi connectivity index (χ2v) is 7.55. The van der Waals surface area contributed by atoms with Gasteiger partial charge in [0.25, 0.3) is 0 Å². The number of rotatable bonds is 3. The van der Waals surface area contributed by atoms with Gasteiger partial charge >= 0.3 is 0 Å². The second-order valence-electron chi connectivity index (χ2n) is 5.62. The lowest BCUT2D eigenvalue weighted by molar-refractivity contribution is 0.0730. The number of pyridine rings is 2. The van der Waals surface area contributed by atoms with E-state index in [2.05, 4.69) is 15.1 Å². The van der Waals surface area contributed by atoms with Crippen molar-refractivity contribution in [1.29, 1.82) is 0 Å². The molecule has 1 fully saturated rings. The SMILES string of the molecule is Nc1nc2ccc(-c3cncc(S(=O)(=O)N4CCOCC4)c3)cn2n1. The van der Waals surface area contributed by atoms with Crippen LogP contribution in [0.4, 0.5) is 5.95 Å². The van der Waals surface area contributed by atoms with Gasteiger partial charge in [-0.25, -0.2) is 12.9 Å². The summed E-state index contributed by atoms with van der Waals surface area (Å²) in [6.45, 7) is 1.49. The molecule has 0 aromatic carbocycles. The lowest BCUT2D eigenvalue weighted by atomic mass is 10.1. The number of nitrogens with two attached hydrogens (primary N) is 1. The molecule has 0 radical (unpaired) electrons. The molecule has 4 rings (SSSR count). The minimum atomic E-state index is -3.59. The molecule has 0 amide bonds. The molecule has 130 valence electrons. The number of aromatic nitrogens is 4. The molecule has 4 heterocycles. The normalized spacial score (nSPS) is 16.3. The molecule has 10 heteroatoms. The largest absolute Gasteiger partial charge is 0.379 e. The van der Waals surface area contributed by atoms with E-state index in [1.165, 1.54) is 10.5 Å². The van der Waals surface area contributed by atoms with Gasteiger partial charge < -0.3 is 10.5 Å². The van der Waals surface area contributed by atoms with Gasteiger partial charge in [0.05, 0.1) is 13.2 Å². The van der Waals surface area contributed by atoms with Crippen molar-refractivity contribution < 1.29 is 13.2 Å². The number of morpholine rings is 1. The van der Waals surface area contributed by atoms with Crippen LogP contribution >= 0.6 is 0 Å². The molecular weight excluding hydrogens is 344 g/mol. The van der Waals surface area contributed by atoms with Crippen molar-refractivity contribution in [2.24, 2.45) is 0 Å². The summed E-state index contributed by atoms with van der Waals surface area (Å²) >= 11 is 0. The standard InChI is InChI=1S/C15H16N6O3S/c16-15-18-14-2-1-11(10-21(14)19-15)12-7-13(9-17-8-12)25(22,23)20-3-5-24-6-4-20/h1-2,7-10H,3-6H2,(H2,16,19). The van der Waals surface area contributed by atoms with Crippen molar-refractivity contribution in [3.8, 4) is 11.1 Å². The Kier molecular flexibility index (Phi) is 3.86. The van der Waals surface area contributed by atoms with Crippen LogP contribution in [0.1, 0.15) is 0 Å². The highest BCUT2D eigenvalue weighted by molar-refractivity contribution is 7.89. The third-order valence-electron chi connectivity index (χ3n) is 4.00. The van der Waals surface area contributed by atoms with Crippen molar-refractivity contribution in [1.82, 2.24) is 23.9 Å². The van der Waals surface area contributed by atoms with E-state index in [4.69, 9.17) is 10.5 Å². The zero-order valence-corrected chi connectivity index (χ0v) is 14.1. The number of nitrogen functional groups attached to an aromatic ring is 1. The topological polar surface area (TPSA) is 116 Å². The van der Waals surface area contributed by atoms with Crippen LogP contribution in [0, 0.1) is 0 Å². The van der Waals surface area contributed by atoms with Crippen LogP contribution in [0.5, 0.6) is 0 Å². The highest BCUT2D eigenvalue weighted by atomic mass is 32.2. The Morgan fingerprint density at radius 1 is 1.12 bits per heavy atom. The van der Waals surface area contributed by atoms with Crippen LogP contribution in [0.15, 0.2) is 41.7 Å². The molecule has 1 aliphatic heterocycles. The maximum absolute atomic E-state index is 12.8. The van der Waals surface area contributed by atoms with E-state index in [9.17, 15) is 8.42 Å². The van der Waals surface area contributed by atoms with Crippen LogP contribution in [0.2, 0.25) is 0 Å². The lowest BCUT2D eigenvalue weighted by Gasteiger charge is -2.26. The molecule has 3 aromatic heterocycles. The third kappa shape index (κ3) is 2.95. The Hall–Kier alpha value is -2.56. The Bertz CT molecular complexity index is 1030. The molecule has 3 aromatic rings. The number of nitrogens with zero attached hydrogens (tertiary/aromatic N) is 5. The molecule has 0 unspecified atom stereocenters. The summed E-state index contributed by atoms with van der Waals surface area (Å²) in [5, 5.41) is 4.07. The molecule has 1 aliphatic rings. The average Bonchev–Trinajstić information content (AvgIpc) is 3.01. The summed E-state index contributed by atoms with van der Waals surface area (Å²) in [6, 6.07) is 5.20. The minimum absolute atomic E-state index is 0.158. The molecule has 0 saturated carbocycles. The average molecular weight is 360 g/mol. The maximum Gasteiger partial charge on any atom is 0.244 e. The number of ether oxygens (including phenoxy) is 1. The van der Waals surface area contributed by atoms with E-state index in [0.717, 1.165) is 5.56 Å². The van der Waals surface area contributed by atoms with Crippen molar-refractivity contribution in [3.63, 3.8) is 0 Å². The number of anilines is 1. The fourth-order valence-corrected chi connectivity index (χ4v) is 4.12. The van der Waals surface area contributed by atoms with Crippen LogP contribution in [-0.2, 0) is 14.8 Å². The number of fused-ring (bicyclic) bond motifs is 1. The van der Waals surface area contributed by atoms with Crippen LogP contribution in [-0.4, -0.2) is 58.6 Å². The van der Waals surface area contributed by atoms with Gasteiger partial charge in [-0.3, -0.25) is 4.98 Å². The van der Waals surface area contributed by atoms with E-state index in [1.807, 2.05) is 6.07 Å². The summed E-state index contributed by atoms with van der Waals surface area (Å²) in [5.74, 6) is 0.180. The van der Waals surface area contributed by atoms with Crippen molar-refractivity contribution in [2.45, 2.75) is 4.90 Å². The van der Waals surface area contributed by atoms with Crippen molar-refractivity contribution in [2.75, 3.05) is 32.0 Å². The first-order chi connectivity index (χ1) is 12.0. The Morgan fingerprint density at radius 2 is 1.92 bits per heavy atom. The molecule has 0 spiro atoms. The zero-order chi connectivity index (χ0) is 17.4. The van der Waals surface area contributed by atoms with Gasteiger partial charge in [0.1, 0.15) is 4.90 Å². The van der Waals surface area contributed by atoms with Crippen LogP contribution in [0.25, 0.3) is 16.8 Å². The van der Waals surface area contributed by atoms with E-state index >= 15 is 0 Å². The van der Waals surface area contributed by atoms with Gasteiger partial charge in [0.15, 0.2) is 5.65 Å². The Balaban J connectivity index is 1.72. The predicted octanol–water partition coefficient (Wildman–Crippen LogP) is 0.394. The van der Waals surface area contributed by atoms with E-state index in [0.29, 0.717) is 37.5 Å². The van der Waals surface area contributed by atoms with Gasteiger partial charge in [0, 0.05) is 42.8 Å². The lowest BCUT2D eigenvalue weighted by Crippen LogP contribution is -2.40. The first-order valence-electron chi connectivity index (χ1n) is 7.69. The van der Waals surface area contributed by atoms with Gasteiger partial charge in [-0.1, -0.05) is 0 Å². The monoisotopic (exact) mass is 360 g/mol. The van der Waals surface area contributed by atoms with E-state index in [-0.39, 0.29) is 10.8 Å². The highest BCUT2D eigenvalue weighted by Gasteiger charge is 2.26. The summed E-state index contributed by atoms with van der Waals surface area (Å²) in [7, 11) is -3.59. The smallest absolute Gasteiger partial charge is 0.244 e. The molecular formula is C15H16N6O3S.